The normalized spacial score (nSPS) is 21.4. The van der Waals surface area contributed by atoms with Crippen molar-refractivity contribution < 1.29 is 37.1 Å². The summed E-state index contributed by atoms with van der Waals surface area (Å²) in [7, 11) is -4.18. The van der Waals surface area contributed by atoms with Crippen LogP contribution in [-0.4, -0.2) is 75.7 Å². The molecule has 0 unspecified atom stereocenters. The topological polar surface area (TPSA) is 183 Å². The molecule has 14 nitrogen and oxygen atoms in total. The Bertz CT molecular complexity index is 1410. The van der Waals surface area contributed by atoms with Gasteiger partial charge in [-0.15, -0.1) is 0 Å². The number of nitrogens with zero attached hydrogens (tertiary/aromatic N) is 5. The maximum Gasteiger partial charge on any atom is 0.338 e. The summed E-state index contributed by atoms with van der Waals surface area (Å²) in [6.45, 7) is 2.66. The van der Waals surface area contributed by atoms with Gasteiger partial charge in [-0.25, -0.2) is 13.2 Å². The van der Waals surface area contributed by atoms with Gasteiger partial charge in [0, 0.05) is 19.1 Å². The molecule has 1 fully saturated rings. The number of esters is 2. The molecule has 37 heavy (non-hydrogen) atoms. The second kappa shape index (κ2) is 10.4. The summed E-state index contributed by atoms with van der Waals surface area (Å²) in [6.07, 6.45) is -4.47. The third-order valence-corrected chi connectivity index (χ3v) is 7.08. The second-order valence-corrected chi connectivity index (χ2v) is 10.0. The monoisotopic (exact) mass is 531 g/mol. The van der Waals surface area contributed by atoms with Crippen molar-refractivity contribution in [2.75, 3.05) is 5.75 Å². The Morgan fingerprint density at radius 1 is 1.08 bits per heavy atom. The molecule has 0 bridgehead atoms. The van der Waals surface area contributed by atoms with Crippen LogP contribution in [0.1, 0.15) is 24.2 Å². The molecule has 194 valence electrons. The van der Waals surface area contributed by atoms with Gasteiger partial charge in [0.25, 0.3) is 10.8 Å². The van der Waals surface area contributed by atoms with E-state index in [2.05, 4.69) is 15.5 Å². The highest BCUT2D eigenvalue weighted by Crippen LogP contribution is 2.30. The first-order valence-electron chi connectivity index (χ1n) is 10.9. The zero-order chi connectivity index (χ0) is 26.7. The number of non-ortho nitro benzene ring substituents is 1. The molecule has 1 aliphatic rings. The summed E-state index contributed by atoms with van der Waals surface area (Å²) in [4.78, 5) is 34.8. The Hall–Kier alpha value is -4.24. The van der Waals surface area contributed by atoms with Crippen molar-refractivity contribution in [3.8, 4) is 5.69 Å². The highest BCUT2D eigenvalue weighted by molar-refractivity contribution is 7.91. The molecule has 4 rings (SSSR count). The molecule has 2 aromatic carbocycles. The summed E-state index contributed by atoms with van der Waals surface area (Å²) >= 11 is 0. The maximum atomic E-state index is 13.3. The van der Waals surface area contributed by atoms with Crippen LogP contribution in [0.3, 0.4) is 0 Å². The van der Waals surface area contributed by atoms with Gasteiger partial charge in [0.15, 0.2) is 12.2 Å². The number of carbonyl (C=O) groups is 2. The molecule has 0 spiro atoms. The molecular weight excluding hydrogens is 510 g/mol. The first-order valence-corrected chi connectivity index (χ1v) is 12.6. The van der Waals surface area contributed by atoms with Crippen molar-refractivity contribution in [2.24, 2.45) is 0 Å². The fourth-order valence-corrected chi connectivity index (χ4v) is 5.26. The first kappa shape index (κ1) is 25.8. The Morgan fingerprint density at radius 3 is 2.38 bits per heavy atom. The van der Waals surface area contributed by atoms with E-state index in [1.54, 1.807) is 30.3 Å². The molecule has 2 heterocycles. The number of tetrazole rings is 1. The number of sulfone groups is 1. The lowest BCUT2D eigenvalue weighted by atomic mass is 10.1. The molecule has 0 saturated carbocycles. The third kappa shape index (κ3) is 5.62. The number of aromatic nitrogens is 4. The molecule has 0 amide bonds. The molecule has 0 aliphatic carbocycles. The quantitative estimate of drug-likeness (QED) is 0.231. The fraction of sp³-hybridized carbons (Fsp3) is 0.318. The van der Waals surface area contributed by atoms with E-state index in [-0.39, 0.29) is 11.3 Å². The summed E-state index contributed by atoms with van der Waals surface area (Å²) in [5, 5.41) is 21.3. The lowest BCUT2D eigenvalue weighted by molar-refractivity contribution is -0.384. The summed E-state index contributed by atoms with van der Waals surface area (Å²) < 4.78 is 44.2. The average molecular weight is 532 g/mol. The van der Waals surface area contributed by atoms with Crippen molar-refractivity contribution >= 4 is 27.5 Å². The number of hydrogen-bond donors (Lipinski definition) is 0. The zero-order valence-corrected chi connectivity index (χ0v) is 20.3. The van der Waals surface area contributed by atoms with Gasteiger partial charge in [-0.05, 0) is 41.6 Å². The second-order valence-electron chi connectivity index (χ2n) is 8.12. The molecule has 0 radical (unpaired) electrons. The number of hydrogen-bond acceptors (Lipinski definition) is 12. The predicted molar refractivity (Wildman–Crippen MR) is 123 cm³/mol. The van der Waals surface area contributed by atoms with E-state index < -0.39 is 62.0 Å². The highest BCUT2D eigenvalue weighted by atomic mass is 32.2. The number of carbonyl (C=O) groups excluding carboxylic acids is 2. The van der Waals surface area contributed by atoms with Crippen LogP contribution in [0.25, 0.3) is 5.69 Å². The lowest BCUT2D eigenvalue weighted by Gasteiger charge is -2.23. The van der Waals surface area contributed by atoms with Crippen LogP contribution in [0.15, 0.2) is 59.8 Å². The van der Waals surface area contributed by atoms with Crippen molar-refractivity contribution in [1.82, 2.24) is 20.2 Å². The van der Waals surface area contributed by atoms with Crippen LogP contribution in [0.4, 0.5) is 5.69 Å². The Kier molecular flexibility index (Phi) is 7.26. The van der Waals surface area contributed by atoms with E-state index in [4.69, 9.17) is 14.2 Å². The minimum absolute atomic E-state index is 0.0116. The molecule has 3 aromatic rings. The third-order valence-electron chi connectivity index (χ3n) is 5.50. The molecule has 15 heteroatoms. The maximum absolute atomic E-state index is 13.3. The smallest absolute Gasteiger partial charge is 0.338 e. The minimum Gasteiger partial charge on any atom is -0.456 e. The van der Waals surface area contributed by atoms with Gasteiger partial charge in [-0.1, -0.05) is 23.3 Å². The van der Waals surface area contributed by atoms with Gasteiger partial charge in [0.1, 0.15) is 6.10 Å². The van der Waals surface area contributed by atoms with Crippen LogP contribution >= 0.6 is 0 Å². The van der Waals surface area contributed by atoms with Gasteiger partial charge in [0.05, 0.1) is 28.0 Å². The van der Waals surface area contributed by atoms with E-state index >= 15 is 0 Å². The van der Waals surface area contributed by atoms with Crippen LogP contribution in [0.2, 0.25) is 0 Å². The standard InChI is InChI=1S/C22H21N5O9S/c1-13-19(36-21(29)15-8-10-17(11-9-15)27(30)31)20(35-14(2)28)18(34-13)12-37(32,33)22-23-24-25-26(22)16-6-4-3-5-7-16/h3-11,13,18-20H,12H2,1-2H3/t13-,18+,19-,20+/m0/s1. The molecule has 1 saturated heterocycles. The number of benzene rings is 2. The van der Waals surface area contributed by atoms with E-state index in [0.29, 0.717) is 5.69 Å². The summed E-state index contributed by atoms with van der Waals surface area (Å²) in [5.41, 5.74) is 0.214. The van der Waals surface area contributed by atoms with E-state index in [1.807, 2.05) is 0 Å². The van der Waals surface area contributed by atoms with Gasteiger partial charge in [0.2, 0.25) is 9.84 Å². The van der Waals surface area contributed by atoms with Crippen LogP contribution < -0.4 is 0 Å². The van der Waals surface area contributed by atoms with Crippen LogP contribution in [0.5, 0.6) is 0 Å². The molecule has 1 aromatic heterocycles. The van der Waals surface area contributed by atoms with E-state index in [1.165, 1.54) is 19.1 Å². The minimum atomic E-state index is -4.18. The number of nitro benzene ring substituents is 1. The molecular formula is C22H21N5O9S. The van der Waals surface area contributed by atoms with Crippen LogP contribution in [-0.2, 0) is 28.8 Å². The van der Waals surface area contributed by atoms with Crippen molar-refractivity contribution in [3.05, 3.63) is 70.3 Å². The Labute approximate surface area is 210 Å². The van der Waals surface area contributed by atoms with E-state index in [9.17, 15) is 28.1 Å². The predicted octanol–water partition coefficient (Wildman–Crippen LogP) is 1.29. The van der Waals surface area contributed by atoms with Crippen molar-refractivity contribution in [1.29, 1.82) is 0 Å². The van der Waals surface area contributed by atoms with Crippen molar-refractivity contribution in [3.63, 3.8) is 0 Å². The first-order chi connectivity index (χ1) is 17.6. The molecule has 0 N–H and O–H groups in total. The number of para-hydroxylation sites is 1. The zero-order valence-electron chi connectivity index (χ0n) is 19.5. The lowest BCUT2D eigenvalue weighted by Crippen LogP contribution is -2.41. The average Bonchev–Trinajstić information content (AvgIpc) is 3.46. The number of ether oxygens (including phenoxy) is 3. The number of rotatable bonds is 8. The molecule has 1 aliphatic heterocycles. The fourth-order valence-electron chi connectivity index (χ4n) is 3.85. The van der Waals surface area contributed by atoms with Gasteiger partial charge >= 0.3 is 11.9 Å². The van der Waals surface area contributed by atoms with Gasteiger partial charge in [-0.2, -0.15) is 4.68 Å². The van der Waals surface area contributed by atoms with E-state index in [0.717, 1.165) is 23.7 Å². The van der Waals surface area contributed by atoms with Gasteiger partial charge in [-0.3, -0.25) is 14.9 Å². The van der Waals surface area contributed by atoms with Gasteiger partial charge < -0.3 is 14.2 Å². The number of nitro groups is 1. The Balaban J connectivity index is 1.56. The largest absolute Gasteiger partial charge is 0.456 e. The summed E-state index contributed by atoms with van der Waals surface area (Å²) in [6, 6.07) is 13.1. The highest BCUT2D eigenvalue weighted by Gasteiger charge is 2.49. The SMILES string of the molecule is CC(=O)O[C@H]1[C@@H](OC(=O)c2ccc([N+](=O)[O-])cc2)[C@H](C)O[C@@H]1CS(=O)(=O)c1nnnn1-c1ccccc1. The van der Waals surface area contributed by atoms with Crippen LogP contribution in [0, 0.1) is 10.1 Å². The Morgan fingerprint density at radius 2 is 1.76 bits per heavy atom. The summed E-state index contributed by atoms with van der Waals surface area (Å²) in [5.74, 6) is -2.27. The van der Waals surface area contributed by atoms with Crippen molar-refractivity contribution in [2.45, 2.75) is 43.4 Å². The molecule has 4 atom stereocenters.